The SMILES string of the molecule is CCCNC(C)(C#N)CC(C)OCC1CCOCC1. The first-order chi connectivity index (χ1) is 9.09. The summed E-state index contributed by atoms with van der Waals surface area (Å²) in [5.74, 6) is 0.619. The Kier molecular flexibility index (Phi) is 7.37. The molecule has 4 heteroatoms. The Balaban J connectivity index is 2.27. The number of hydrogen-bond acceptors (Lipinski definition) is 4. The van der Waals surface area contributed by atoms with Crippen LogP contribution in [0.4, 0.5) is 0 Å². The van der Waals surface area contributed by atoms with Crippen molar-refractivity contribution in [3.05, 3.63) is 0 Å². The lowest BCUT2D eigenvalue weighted by Gasteiger charge is -2.28. The lowest BCUT2D eigenvalue weighted by molar-refractivity contribution is -0.0123. The van der Waals surface area contributed by atoms with Gasteiger partial charge in [0.15, 0.2) is 0 Å². The maximum Gasteiger partial charge on any atom is 0.106 e. The van der Waals surface area contributed by atoms with Crippen LogP contribution in [-0.2, 0) is 9.47 Å². The summed E-state index contributed by atoms with van der Waals surface area (Å²) in [6.07, 6.45) is 4.06. The Hall–Kier alpha value is -0.630. The third-order valence-electron chi connectivity index (χ3n) is 3.66. The van der Waals surface area contributed by atoms with E-state index >= 15 is 0 Å². The molecule has 0 amide bonds. The van der Waals surface area contributed by atoms with Crippen LogP contribution in [0.1, 0.15) is 46.5 Å². The van der Waals surface area contributed by atoms with Crippen molar-refractivity contribution < 1.29 is 9.47 Å². The van der Waals surface area contributed by atoms with Gasteiger partial charge in [-0.15, -0.1) is 0 Å². The van der Waals surface area contributed by atoms with Crippen molar-refractivity contribution in [2.24, 2.45) is 5.92 Å². The van der Waals surface area contributed by atoms with Crippen molar-refractivity contribution in [3.63, 3.8) is 0 Å². The molecular formula is C15H28N2O2. The second-order valence-corrected chi connectivity index (χ2v) is 5.77. The van der Waals surface area contributed by atoms with Crippen LogP contribution in [0.5, 0.6) is 0 Å². The fraction of sp³-hybridized carbons (Fsp3) is 0.933. The van der Waals surface area contributed by atoms with Gasteiger partial charge in [-0.05, 0) is 45.6 Å². The molecule has 0 aromatic carbocycles. The highest BCUT2D eigenvalue weighted by molar-refractivity contribution is 5.04. The van der Waals surface area contributed by atoms with E-state index < -0.39 is 5.54 Å². The molecule has 4 nitrogen and oxygen atoms in total. The van der Waals surface area contributed by atoms with Gasteiger partial charge >= 0.3 is 0 Å². The van der Waals surface area contributed by atoms with E-state index in [9.17, 15) is 5.26 Å². The molecule has 0 radical (unpaired) electrons. The standard InChI is InChI=1S/C15H28N2O2/c1-4-7-17-15(3,12-16)10-13(2)19-11-14-5-8-18-9-6-14/h13-14,17H,4-11H2,1-3H3. The van der Waals surface area contributed by atoms with Crippen LogP contribution in [0.2, 0.25) is 0 Å². The molecule has 1 heterocycles. The summed E-state index contributed by atoms with van der Waals surface area (Å²) in [6, 6.07) is 2.37. The van der Waals surface area contributed by atoms with E-state index in [1.165, 1.54) is 0 Å². The van der Waals surface area contributed by atoms with Crippen LogP contribution in [-0.4, -0.2) is 38.0 Å². The molecule has 19 heavy (non-hydrogen) atoms. The molecule has 1 aliphatic rings. The molecule has 1 N–H and O–H groups in total. The van der Waals surface area contributed by atoms with Crippen LogP contribution in [0.3, 0.4) is 0 Å². The predicted octanol–water partition coefficient (Wildman–Crippen LogP) is 2.49. The average Bonchev–Trinajstić information content (AvgIpc) is 2.44. The van der Waals surface area contributed by atoms with Gasteiger partial charge in [-0.1, -0.05) is 6.92 Å². The minimum Gasteiger partial charge on any atom is -0.381 e. The van der Waals surface area contributed by atoms with Crippen molar-refractivity contribution in [1.29, 1.82) is 5.26 Å². The first-order valence-electron chi connectivity index (χ1n) is 7.45. The summed E-state index contributed by atoms with van der Waals surface area (Å²) in [5, 5.41) is 12.6. The molecule has 1 saturated heterocycles. The van der Waals surface area contributed by atoms with E-state index in [-0.39, 0.29) is 6.10 Å². The Bertz CT molecular complexity index is 284. The molecule has 0 aromatic rings. The number of nitriles is 1. The Morgan fingerprint density at radius 2 is 2.16 bits per heavy atom. The van der Waals surface area contributed by atoms with Gasteiger partial charge in [0, 0.05) is 26.2 Å². The summed E-state index contributed by atoms with van der Waals surface area (Å²) in [7, 11) is 0. The number of hydrogen-bond donors (Lipinski definition) is 1. The van der Waals surface area contributed by atoms with Crippen LogP contribution >= 0.6 is 0 Å². The third kappa shape index (κ3) is 6.38. The average molecular weight is 268 g/mol. The lowest BCUT2D eigenvalue weighted by atomic mass is 9.96. The lowest BCUT2D eigenvalue weighted by Crippen LogP contribution is -2.44. The van der Waals surface area contributed by atoms with Gasteiger partial charge in [-0.2, -0.15) is 5.26 Å². The summed E-state index contributed by atoms with van der Waals surface area (Å²) in [5.41, 5.74) is -0.481. The minimum atomic E-state index is -0.481. The second-order valence-electron chi connectivity index (χ2n) is 5.77. The van der Waals surface area contributed by atoms with Gasteiger partial charge in [-0.3, -0.25) is 5.32 Å². The zero-order valence-corrected chi connectivity index (χ0v) is 12.6. The van der Waals surface area contributed by atoms with E-state index in [1.54, 1.807) is 0 Å². The van der Waals surface area contributed by atoms with Gasteiger partial charge in [0.25, 0.3) is 0 Å². The zero-order valence-electron chi connectivity index (χ0n) is 12.6. The van der Waals surface area contributed by atoms with Gasteiger partial charge in [0.2, 0.25) is 0 Å². The molecule has 0 aromatic heterocycles. The monoisotopic (exact) mass is 268 g/mol. The fourth-order valence-electron chi connectivity index (χ4n) is 2.41. The molecule has 0 spiro atoms. The highest BCUT2D eigenvalue weighted by Crippen LogP contribution is 2.18. The molecule has 0 saturated carbocycles. The largest absolute Gasteiger partial charge is 0.381 e. The van der Waals surface area contributed by atoms with Crippen molar-refractivity contribution in [2.45, 2.75) is 58.1 Å². The summed E-state index contributed by atoms with van der Waals surface area (Å²) < 4.78 is 11.3. The van der Waals surface area contributed by atoms with Crippen molar-refractivity contribution >= 4 is 0 Å². The van der Waals surface area contributed by atoms with Gasteiger partial charge in [0.05, 0.1) is 12.2 Å². The van der Waals surface area contributed by atoms with Crippen molar-refractivity contribution in [2.75, 3.05) is 26.4 Å². The highest BCUT2D eigenvalue weighted by Gasteiger charge is 2.26. The van der Waals surface area contributed by atoms with Crippen LogP contribution in [0, 0.1) is 17.2 Å². The molecule has 2 atom stereocenters. The van der Waals surface area contributed by atoms with Gasteiger partial charge < -0.3 is 9.47 Å². The molecule has 1 rings (SSSR count). The van der Waals surface area contributed by atoms with Crippen molar-refractivity contribution in [3.8, 4) is 6.07 Å². The first kappa shape index (κ1) is 16.4. The molecule has 1 aliphatic heterocycles. The van der Waals surface area contributed by atoms with Crippen LogP contribution in [0.15, 0.2) is 0 Å². The fourth-order valence-corrected chi connectivity index (χ4v) is 2.41. The van der Waals surface area contributed by atoms with E-state index in [0.29, 0.717) is 5.92 Å². The predicted molar refractivity (Wildman–Crippen MR) is 75.9 cm³/mol. The molecular weight excluding hydrogens is 240 g/mol. The van der Waals surface area contributed by atoms with Gasteiger partial charge in [-0.25, -0.2) is 0 Å². The van der Waals surface area contributed by atoms with E-state index in [4.69, 9.17) is 9.47 Å². The number of nitrogens with zero attached hydrogens (tertiary/aromatic N) is 1. The number of nitrogens with one attached hydrogen (secondary N) is 1. The summed E-state index contributed by atoms with van der Waals surface area (Å²) >= 11 is 0. The highest BCUT2D eigenvalue weighted by atomic mass is 16.5. The number of rotatable bonds is 8. The van der Waals surface area contributed by atoms with Crippen molar-refractivity contribution in [1.82, 2.24) is 5.32 Å². The van der Waals surface area contributed by atoms with E-state index in [1.807, 2.05) is 6.92 Å². The van der Waals surface area contributed by atoms with Gasteiger partial charge in [0.1, 0.15) is 5.54 Å². The third-order valence-corrected chi connectivity index (χ3v) is 3.66. The first-order valence-corrected chi connectivity index (χ1v) is 7.45. The maximum atomic E-state index is 9.29. The smallest absolute Gasteiger partial charge is 0.106 e. The molecule has 2 unspecified atom stereocenters. The summed E-state index contributed by atoms with van der Waals surface area (Å²) in [6.45, 7) is 9.50. The zero-order chi connectivity index (χ0) is 14.1. The summed E-state index contributed by atoms with van der Waals surface area (Å²) in [4.78, 5) is 0. The topological polar surface area (TPSA) is 54.3 Å². The van der Waals surface area contributed by atoms with E-state index in [0.717, 1.165) is 52.0 Å². The Morgan fingerprint density at radius 3 is 2.74 bits per heavy atom. The Labute approximate surface area is 117 Å². The molecule has 1 fully saturated rings. The normalized spacial score (nSPS) is 21.6. The molecule has 0 aliphatic carbocycles. The Morgan fingerprint density at radius 1 is 1.47 bits per heavy atom. The molecule has 0 bridgehead atoms. The minimum absolute atomic E-state index is 0.108. The van der Waals surface area contributed by atoms with E-state index in [2.05, 4.69) is 25.2 Å². The molecule has 110 valence electrons. The van der Waals surface area contributed by atoms with Crippen LogP contribution < -0.4 is 5.32 Å². The van der Waals surface area contributed by atoms with Crippen LogP contribution in [0.25, 0.3) is 0 Å². The second kappa shape index (κ2) is 8.52. The quantitative estimate of drug-likeness (QED) is 0.735. The maximum absolute atomic E-state index is 9.29. The number of ether oxygens (including phenoxy) is 2.